The Bertz CT molecular complexity index is 902. The van der Waals surface area contributed by atoms with E-state index in [0.29, 0.717) is 6.17 Å². The van der Waals surface area contributed by atoms with Gasteiger partial charge in [0.2, 0.25) is 0 Å². The van der Waals surface area contributed by atoms with E-state index in [1.165, 1.54) is 29.4 Å². The van der Waals surface area contributed by atoms with Crippen molar-refractivity contribution in [1.82, 2.24) is 14.8 Å². The van der Waals surface area contributed by atoms with Gasteiger partial charge in [-0.15, -0.1) is 0 Å². The lowest BCUT2D eigenvalue weighted by molar-refractivity contribution is -0.155. The molecular weight excluding hydrogens is 298 g/mol. The van der Waals surface area contributed by atoms with Crippen molar-refractivity contribution in [2.24, 2.45) is 0 Å². The molecule has 1 aromatic carbocycles. The molecule has 1 atom stereocenters. The number of para-hydroxylation sites is 1. The molecule has 122 valence electrons. The van der Waals surface area contributed by atoms with Gasteiger partial charge in [-0.2, -0.15) is 0 Å². The zero-order valence-electron chi connectivity index (χ0n) is 13.7. The summed E-state index contributed by atoms with van der Waals surface area (Å²) in [6, 6.07) is 12.9. The van der Waals surface area contributed by atoms with Gasteiger partial charge in [-0.05, 0) is 43.0 Å². The van der Waals surface area contributed by atoms with E-state index in [-0.39, 0.29) is 5.54 Å². The fourth-order valence-corrected chi connectivity index (χ4v) is 5.45. The van der Waals surface area contributed by atoms with Crippen LogP contribution in [0.2, 0.25) is 0 Å². The Morgan fingerprint density at radius 2 is 1.92 bits per heavy atom. The van der Waals surface area contributed by atoms with Gasteiger partial charge >= 0.3 is 0 Å². The monoisotopic (exact) mass is 319 g/mol. The molecule has 0 radical (unpaired) electrons. The molecule has 3 fully saturated rings. The molecule has 7 rings (SSSR count). The predicted molar refractivity (Wildman–Crippen MR) is 92.6 cm³/mol. The summed E-state index contributed by atoms with van der Waals surface area (Å²) in [6.45, 7) is 3.41. The fourth-order valence-electron chi connectivity index (χ4n) is 5.45. The first-order valence-electron chi connectivity index (χ1n) is 9.01. The van der Waals surface area contributed by atoms with Crippen LogP contribution < -0.4 is 0 Å². The van der Waals surface area contributed by atoms with Crippen LogP contribution in [0.25, 0.3) is 10.9 Å². The first-order chi connectivity index (χ1) is 11.9. The average molecular weight is 319 g/mol. The van der Waals surface area contributed by atoms with Crippen LogP contribution in [0.3, 0.4) is 0 Å². The molecule has 0 amide bonds. The van der Waals surface area contributed by atoms with Crippen LogP contribution in [0.1, 0.15) is 36.0 Å². The van der Waals surface area contributed by atoms with E-state index in [0.717, 1.165) is 31.8 Å². The Kier molecular flexibility index (Phi) is 2.50. The molecule has 2 bridgehead atoms. The van der Waals surface area contributed by atoms with E-state index in [1.807, 2.05) is 12.3 Å². The second kappa shape index (κ2) is 4.52. The van der Waals surface area contributed by atoms with Crippen LogP contribution in [0, 0.1) is 0 Å². The lowest BCUT2D eigenvalue weighted by Crippen LogP contribution is -2.66. The molecule has 0 unspecified atom stereocenters. The second-order valence-corrected chi connectivity index (χ2v) is 7.42. The molecule has 0 aliphatic carbocycles. The normalized spacial score (nSPS) is 32.0. The SMILES string of the molecule is c1coc([C@@H]2N3CCC4(CC3)c3[nH]c5ccccc5c3CCN24)c1. The Balaban J connectivity index is 1.56. The van der Waals surface area contributed by atoms with Gasteiger partial charge in [0.1, 0.15) is 11.9 Å². The Labute approximate surface area is 141 Å². The number of benzene rings is 1. The summed E-state index contributed by atoms with van der Waals surface area (Å²) in [7, 11) is 0. The van der Waals surface area contributed by atoms with E-state index < -0.39 is 0 Å². The number of nitrogens with one attached hydrogen (secondary N) is 1. The zero-order chi connectivity index (χ0) is 15.7. The molecule has 3 aromatic rings. The molecule has 2 aromatic heterocycles. The minimum atomic E-state index is 0.152. The fraction of sp³-hybridized carbons (Fsp3) is 0.400. The van der Waals surface area contributed by atoms with E-state index in [9.17, 15) is 0 Å². The average Bonchev–Trinajstić information content (AvgIpc) is 3.29. The van der Waals surface area contributed by atoms with Crippen LogP contribution in [0.4, 0.5) is 0 Å². The van der Waals surface area contributed by atoms with Crippen LogP contribution in [-0.2, 0) is 12.0 Å². The third-order valence-electron chi connectivity index (χ3n) is 6.50. The highest BCUT2D eigenvalue weighted by Gasteiger charge is 2.55. The molecule has 1 N–H and O–H groups in total. The maximum atomic E-state index is 5.82. The van der Waals surface area contributed by atoms with E-state index >= 15 is 0 Å². The van der Waals surface area contributed by atoms with Gasteiger partial charge in [0.05, 0.1) is 11.8 Å². The van der Waals surface area contributed by atoms with Crippen molar-refractivity contribution in [3.05, 3.63) is 59.7 Å². The standard InChI is InChI=1S/C20H21N3O/c1-2-5-16-14(4-1)15-7-10-23-19(17-6-3-13-24-17)22-11-8-20(23,9-12-22)18(15)21-16/h1-6,13,19,21H,7-12H2/t19-/m1/s1. The first-order valence-corrected chi connectivity index (χ1v) is 9.01. The molecule has 1 spiro atoms. The van der Waals surface area contributed by atoms with E-state index in [2.05, 4.69) is 45.1 Å². The van der Waals surface area contributed by atoms with Crippen molar-refractivity contribution < 1.29 is 4.42 Å². The molecule has 24 heavy (non-hydrogen) atoms. The van der Waals surface area contributed by atoms with E-state index in [1.54, 1.807) is 5.56 Å². The van der Waals surface area contributed by atoms with Crippen LogP contribution in [0.5, 0.6) is 0 Å². The third kappa shape index (κ3) is 1.51. The molecular formula is C20H21N3O. The molecule has 4 heteroatoms. The maximum absolute atomic E-state index is 5.82. The molecule has 6 heterocycles. The van der Waals surface area contributed by atoms with Crippen LogP contribution in [0.15, 0.2) is 47.1 Å². The van der Waals surface area contributed by atoms with Crippen molar-refractivity contribution in [3.8, 4) is 0 Å². The number of fused-ring (bicyclic) bond motifs is 5. The molecule has 0 saturated carbocycles. The number of aromatic amines is 1. The third-order valence-corrected chi connectivity index (χ3v) is 6.50. The van der Waals surface area contributed by atoms with Gasteiger partial charge < -0.3 is 9.40 Å². The molecule has 4 aliphatic rings. The van der Waals surface area contributed by atoms with Gasteiger partial charge in [0.25, 0.3) is 0 Å². The Morgan fingerprint density at radius 1 is 1.04 bits per heavy atom. The lowest BCUT2D eigenvalue weighted by Gasteiger charge is -2.61. The highest BCUT2D eigenvalue weighted by atomic mass is 16.3. The molecule has 3 saturated heterocycles. The van der Waals surface area contributed by atoms with E-state index in [4.69, 9.17) is 4.42 Å². The van der Waals surface area contributed by atoms with Crippen molar-refractivity contribution in [3.63, 3.8) is 0 Å². The summed E-state index contributed by atoms with van der Waals surface area (Å²) < 4.78 is 5.82. The maximum Gasteiger partial charge on any atom is 0.135 e. The highest BCUT2D eigenvalue weighted by Crippen LogP contribution is 2.53. The number of piperidine rings is 1. The number of H-pyrrole nitrogens is 1. The minimum Gasteiger partial charge on any atom is -0.466 e. The summed E-state index contributed by atoms with van der Waals surface area (Å²) in [5.41, 5.74) is 4.47. The summed E-state index contributed by atoms with van der Waals surface area (Å²) >= 11 is 0. The summed E-state index contributed by atoms with van der Waals surface area (Å²) in [4.78, 5) is 9.10. The van der Waals surface area contributed by atoms with Gasteiger partial charge in [-0.25, -0.2) is 0 Å². The summed E-state index contributed by atoms with van der Waals surface area (Å²) in [6.07, 6.45) is 5.64. The van der Waals surface area contributed by atoms with Gasteiger partial charge in [0, 0.05) is 36.2 Å². The first kappa shape index (κ1) is 13.3. The van der Waals surface area contributed by atoms with Crippen LogP contribution >= 0.6 is 0 Å². The predicted octanol–water partition coefficient (Wildman–Crippen LogP) is 3.62. The largest absolute Gasteiger partial charge is 0.466 e. The van der Waals surface area contributed by atoms with Crippen LogP contribution in [-0.4, -0.2) is 34.4 Å². The Morgan fingerprint density at radius 3 is 2.75 bits per heavy atom. The van der Waals surface area contributed by atoms with Crippen molar-refractivity contribution in [2.45, 2.75) is 31.0 Å². The number of rotatable bonds is 1. The van der Waals surface area contributed by atoms with Gasteiger partial charge in [-0.3, -0.25) is 9.80 Å². The number of aromatic nitrogens is 1. The smallest absolute Gasteiger partial charge is 0.135 e. The highest BCUT2D eigenvalue weighted by molar-refractivity contribution is 5.85. The zero-order valence-corrected chi connectivity index (χ0v) is 13.7. The summed E-state index contributed by atoms with van der Waals surface area (Å²) in [5, 5.41) is 1.42. The Hall–Kier alpha value is -2.04. The molecule has 4 aliphatic heterocycles. The quantitative estimate of drug-likeness (QED) is 0.744. The topological polar surface area (TPSA) is 35.4 Å². The van der Waals surface area contributed by atoms with Crippen molar-refractivity contribution in [2.75, 3.05) is 19.6 Å². The van der Waals surface area contributed by atoms with Gasteiger partial charge in [0.15, 0.2) is 0 Å². The minimum absolute atomic E-state index is 0.152. The number of nitrogens with zero attached hydrogens (tertiary/aromatic N) is 2. The van der Waals surface area contributed by atoms with Crippen molar-refractivity contribution in [1.29, 1.82) is 0 Å². The molecule has 4 nitrogen and oxygen atoms in total. The number of hydrogen-bond donors (Lipinski definition) is 1. The van der Waals surface area contributed by atoms with Gasteiger partial charge in [-0.1, -0.05) is 18.2 Å². The lowest BCUT2D eigenvalue weighted by atomic mass is 9.74. The summed E-state index contributed by atoms with van der Waals surface area (Å²) in [5.74, 6) is 1.10. The van der Waals surface area contributed by atoms with Crippen molar-refractivity contribution >= 4 is 10.9 Å². The number of hydrogen-bond acceptors (Lipinski definition) is 3. The second-order valence-electron chi connectivity index (χ2n) is 7.42. The number of furan rings is 1.